The first kappa shape index (κ1) is 34.3. The minimum atomic E-state index is -0.928. The van der Waals surface area contributed by atoms with E-state index in [1.807, 2.05) is 6.07 Å². The third-order valence-corrected chi connectivity index (χ3v) is 7.08. The quantitative estimate of drug-likeness (QED) is 0.0958. The molecule has 0 bridgehead atoms. The van der Waals surface area contributed by atoms with Crippen molar-refractivity contribution in [2.75, 3.05) is 39.6 Å². The Bertz CT molecular complexity index is 1300. The van der Waals surface area contributed by atoms with Crippen LogP contribution in [0.5, 0.6) is 5.75 Å². The van der Waals surface area contributed by atoms with E-state index in [9.17, 15) is 15.0 Å². The normalized spacial score (nSPS) is 12.9. The van der Waals surface area contributed by atoms with Gasteiger partial charge >= 0.3 is 5.97 Å². The van der Waals surface area contributed by atoms with Crippen LogP contribution in [0.4, 0.5) is 0 Å². The van der Waals surface area contributed by atoms with Crippen LogP contribution < -0.4 is 4.74 Å². The highest BCUT2D eigenvalue weighted by Gasteiger charge is 2.16. The van der Waals surface area contributed by atoms with Crippen molar-refractivity contribution in [1.29, 1.82) is 0 Å². The van der Waals surface area contributed by atoms with Gasteiger partial charge in [0, 0.05) is 35.3 Å². The molecule has 2 atom stereocenters. The van der Waals surface area contributed by atoms with E-state index in [1.54, 1.807) is 0 Å². The van der Waals surface area contributed by atoms with Crippen LogP contribution in [-0.2, 0) is 32.0 Å². The zero-order valence-corrected chi connectivity index (χ0v) is 26.2. The van der Waals surface area contributed by atoms with Crippen LogP contribution in [0.25, 0.3) is 22.2 Å². The molecule has 2 N–H and O–H groups in total. The van der Waals surface area contributed by atoms with Gasteiger partial charge in [-0.15, -0.1) is 0 Å². The van der Waals surface area contributed by atoms with E-state index in [1.165, 1.54) is 41.6 Å². The van der Waals surface area contributed by atoms with Crippen molar-refractivity contribution in [1.82, 2.24) is 4.57 Å². The number of rotatable bonds is 20. The summed E-state index contributed by atoms with van der Waals surface area (Å²) >= 11 is 0. The topological polar surface area (TPSA) is 99.4 Å². The molecule has 0 saturated heterocycles. The van der Waals surface area contributed by atoms with Gasteiger partial charge in [0.2, 0.25) is 0 Å². The summed E-state index contributed by atoms with van der Waals surface area (Å²) in [6.07, 6.45) is 4.13. The van der Waals surface area contributed by atoms with Gasteiger partial charge in [0.05, 0.1) is 31.9 Å². The lowest BCUT2D eigenvalue weighted by molar-refractivity contribution is -0.142. The molecule has 0 radical (unpaired) electrons. The number of fused-ring (bicyclic) bond motifs is 1. The van der Waals surface area contributed by atoms with Gasteiger partial charge in [-0.1, -0.05) is 58.4 Å². The molecule has 0 spiro atoms. The van der Waals surface area contributed by atoms with Crippen molar-refractivity contribution < 1.29 is 34.0 Å². The predicted octanol–water partition coefficient (Wildman–Crippen LogP) is 5.87. The Morgan fingerprint density at radius 1 is 0.953 bits per heavy atom. The molecule has 236 valence electrons. The molecular formula is C35H49NO7. The van der Waals surface area contributed by atoms with Gasteiger partial charge in [0.15, 0.2) is 0 Å². The van der Waals surface area contributed by atoms with Gasteiger partial charge in [-0.25, -0.2) is 4.79 Å². The molecule has 0 aliphatic heterocycles. The van der Waals surface area contributed by atoms with E-state index < -0.39 is 18.2 Å². The maximum Gasteiger partial charge on any atom is 0.330 e. The SMILES string of the molecule is C=CC(=O)OCC(O)COCCOCC(O)COc1ccc2cc(-c3ccc(CCCCC)cc3C)n(CC(C)C)c2c1. The number of aliphatic hydroxyl groups is 2. The summed E-state index contributed by atoms with van der Waals surface area (Å²) in [4.78, 5) is 11.0. The summed E-state index contributed by atoms with van der Waals surface area (Å²) in [7, 11) is 0. The molecule has 0 amide bonds. The van der Waals surface area contributed by atoms with Crippen LogP contribution in [0, 0.1) is 12.8 Å². The Kier molecular flexibility index (Phi) is 14.2. The van der Waals surface area contributed by atoms with E-state index in [0.29, 0.717) is 11.7 Å². The second-order valence-corrected chi connectivity index (χ2v) is 11.5. The van der Waals surface area contributed by atoms with E-state index in [2.05, 4.69) is 75.2 Å². The summed E-state index contributed by atoms with van der Waals surface area (Å²) in [5.74, 6) is 0.564. The summed E-state index contributed by atoms with van der Waals surface area (Å²) in [6, 6.07) is 15.2. The van der Waals surface area contributed by atoms with Gasteiger partial charge < -0.3 is 33.7 Å². The van der Waals surface area contributed by atoms with E-state index in [-0.39, 0.29) is 39.6 Å². The second kappa shape index (κ2) is 17.8. The van der Waals surface area contributed by atoms with E-state index in [0.717, 1.165) is 29.9 Å². The summed E-state index contributed by atoms with van der Waals surface area (Å²) in [5, 5.41) is 21.2. The van der Waals surface area contributed by atoms with Gasteiger partial charge in [-0.2, -0.15) is 0 Å². The standard InChI is InChI=1S/C35H49NO7/c1-6-8-9-10-27-11-14-32(26(5)17-27)34-18-28-12-13-31(19-33(28)36(34)20-25(3)4)42-23-29(37)21-40-15-16-41-22-30(38)24-43-35(39)7-2/h7,11-14,17-19,25,29-30,37-38H,2,6,8-10,15-16,20-24H2,1,3-5H3. The van der Waals surface area contributed by atoms with Gasteiger partial charge in [0.25, 0.3) is 0 Å². The summed E-state index contributed by atoms with van der Waals surface area (Å²) in [5.41, 5.74) is 6.25. The fraction of sp³-hybridized carbons (Fsp3) is 0.514. The Morgan fingerprint density at radius 2 is 1.67 bits per heavy atom. The number of aryl methyl sites for hydroxylation is 2. The van der Waals surface area contributed by atoms with Crippen LogP contribution >= 0.6 is 0 Å². The average Bonchev–Trinajstić information content (AvgIpc) is 3.33. The molecule has 1 heterocycles. The lowest BCUT2D eigenvalue weighted by Crippen LogP contribution is -2.26. The number of nitrogens with zero attached hydrogens (tertiary/aromatic N) is 1. The first-order valence-corrected chi connectivity index (χ1v) is 15.4. The molecule has 2 aromatic carbocycles. The number of aliphatic hydroxyl groups excluding tert-OH is 2. The largest absolute Gasteiger partial charge is 0.491 e. The van der Waals surface area contributed by atoms with E-state index in [4.69, 9.17) is 18.9 Å². The maximum absolute atomic E-state index is 11.0. The number of unbranched alkanes of at least 4 members (excludes halogenated alkanes) is 2. The highest BCUT2D eigenvalue weighted by molar-refractivity contribution is 5.88. The lowest BCUT2D eigenvalue weighted by atomic mass is 9.99. The molecule has 0 fully saturated rings. The summed E-state index contributed by atoms with van der Waals surface area (Å²) in [6.45, 7) is 13.6. The zero-order valence-electron chi connectivity index (χ0n) is 26.2. The highest BCUT2D eigenvalue weighted by Crippen LogP contribution is 2.33. The van der Waals surface area contributed by atoms with Gasteiger partial charge in [0.1, 0.15) is 31.2 Å². The average molecular weight is 596 g/mol. The molecule has 1 aromatic heterocycles. The van der Waals surface area contributed by atoms with Gasteiger partial charge in [-0.3, -0.25) is 0 Å². The number of hydrogen-bond donors (Lipinski definition) is 2. The number of carbonyl (C=O) groups is 1. The molecular weight excluding hydrogens is 546 g/mol. The molecule has 2 unspecified atom stereocenters. The van der Waals surface area contributed by atoms with Crippen LogP contribution in [-0.4, -0.2) is 72.6 Å². The van der Waals surface area contributed by atoms with Crippen molar-refractivity contribution >= 4 is 16.9 Å². The monoisotopic (exact) mass is 595 g/mol. The molecule has 3 aromatic rings. The lowest BCUT2D eigenvalue weighted by Gasteiger charge is -2.16. The first-order valence-electron chi connectivity index (χ1n) is 15.4. The van der Waals surface area contributed by atoms with Crippen molar-refractivity contribution in [3.8, 4) is 17.0 Å². The molecule has 0 saturated carbocycles. The molecule has 8 heteroatoms. The fourth-order valence-corrected chi connectivity index (χ4v) is 4.94. The Morgan fingerprint density at radius 3 is 2.33 bits per heavy atom. The zero-order chi connectivity index (χ0) is 31.2. The molecule has 8 nitrogen and oxygen atoms in total. The Labute approximate surface area is 256 Å². The van der Waals surface area contributed by atoms with Crippen LogP contribution in [0.15, 0.2) is 55.1 Å². The Hall–Kier alpha value is -3.17. The van der Waals surface area contributed by atoms with E-state index >= 15 is 0 Å². The molecule has 3 rings (SSSR count). The number of aromatic nitrogens is 1. The second-order valence-electron chi connectivity index (χ2n) is 11.5. The van der Waals surface area contributed by atoms with Gasteiger partial charge in [-0.05, 0) is 55.0 Å². The number of esters is 1. The number of benzene rings is 2. The highest BCUT2D eigenvalue weighted by atomic mass is 16.6. The van der Waals surface area contributed by atoms with Crippen molar-refractivity contribution in [2.45, 2.75) is 72.1 Å². The van der Waals surface area contributed by atoms with Crippen LogP contribution in [0.2, 0.25) is 0 Å². The number of hydrogen-bond acceptors (Lipinski definition) is 7. The minimum absolute atomic E-state index is 0.00605. The Balaban J connectivity index is 1.55. The first-order chi connectivity index (χ1) is 20.7. The molecule has 43 heavy (non-hydrogen) atoms. The van der Waals surface area contributed by atoms with Crippen LogP contribution in [0.3, 0.4) is 0 Å². The van der Waals surface area contributed by atoms with Crippen molar-refractivity contribution in [2.24, 2.45) is 5.92 Å². The third kappa shape index (κ3) is 11.1. The predicted molar refractivity (Wildman–Crippen MR) is 170 cm³/mol. The van der Waals surface area contributed by atoms with Crippen molar-refractivity contribution in [3.63, 3.8) is 0 Å². The fourth-order valence-electron chi connectivity index (χ4n) is 4.94. The minimum Gasteiger partial charge on any atom is -0.491 e. The number of ether oxygens (including phenoxy) is 4. The smallest absolute Gasteiger partial charge is 0.330 e. The van der Waals surface area contributed by atoms with Crippen LogP contribution in [0.1, 0.15) is 51.2 Å². The number of carbonyl (C=O) groups excluding carboxylic acids is 1. The summed E-state index contributed by atoms with van der Waals surface area (Å²) < 4.78 is 23.9. The maximum atomic E-state index is 11.0. The molecule has 0 aliphatic carbocycles. The third-order valence-electron chi connectivity index (χ3n) is 7.08. The molecule has 0 aliphatic rings. The van der Waals surface area contributed by atoms with Crippen molar-refractivity contribution in [3.05, 3.63) is 66.2 Å².